The van der Waals surface area contributed by atoms with E-state index in [0.29, 0.717) is 19.0 Å². The number of carboxylic acids is 1. The van der Waals surface area contributed by atoms with Crippen molar-refractivity contribution in [3.05, 3.63) is 0 Å². The van der Waals surface area contributed by atoms with Crippen molar-refractivity contribution < 1.29 is 14.7 Å². The van der Waals surface area contributed by atoms with E-state index < -0.39 is 18.0 Å². The van der Waals surface area contributed by atoms with Gasteiger partial charge in [-0.1, -0.05) is 20.3 Å². The number of hydrogen-bond donors (Lipinski definition) is 3. The van der Waals surface area contributed by atoms with Gasteiger partial charge in [0.1, 0.15) is 6.04 Å². The Kier molecular flexibility index (Phi) is 6.08. The van der Waals surface area contributed by atoms with Crippen molar-refractivity contribution in [3.63, 3.8) is 0 Å². The highest BCUT2D eigenvalue weighted by molar-refractivity contribution is 5.82. The highest BCUT2D eigenvalue weighted by atomic mass is 16.4. The molecule has 6 nitrogen and oxygen atoms in total. The molecule has 0 aliphatic heterocycles. The molecule has 1 rings (SSSR count). The Labute approximate surface area is 114 Å². The molecule has 1 unspecified atom stereocenters. The minimum atomic E-state index is -0.986. The van der Waals surface area contributed by atoms with E-state index in [9.17, 15) is 9.59 Å². The van der Waals surface area contributed by atoms with Gasteiger partial charge in [-0.05, 0) is 25.8 Å². The number of nitrogens with zero attached hydrogens (tertiary/aromatic N) is 1. The molecule has 0 spiro atoms. The van der Waals surface area contributed by atoms with Crippen molar-refractivity contribution in [2.45, 2.75) is 45.2 Å². The molecule has 0 radical (unpaired) electrons. The number of nitrogens with one attached hydrogen (secondary N) is 2. The van der Waals surface area contributed by atoms with Crippen LogP contribution in [0.15, 0.2) is 0 Å². The lowest BCUT2D eigenvalue weighted by Crippen LogP contribution is -2.50. The monoisotopic (exact) mass is 271 g/mol. The third-order valence-electron chi connectivity index (χ3n) is 3.69. The molecule has 1 aliphatic rings. The van der Waals surface area contributed by atoms with Gasteiger partial charge in [0.15, 0.2) is 0 Å². The number of rotatable bonds is 8. The van der Waals surface area contributed by atoms with Crippen LogP contribution in [0.5, 0.6) is 0 Å². The molecule has 0 aromatic carbocycles. The van der Waals surface area contributed by atoms with Crippen LogP contribution in [0.2, 0.25) is 0 Å². The Balaban J connectivity index is 2.25. The molecule has 1 aliphatic carbocycles. The number of amides is 2. The quantitative estimate of drug-likeness (QED) is 0.612. The van der Waals surface area contributed by atoms with Crippen LogP contribution in [-0.4, -0.2) is 54.2 Å². The number of hydrogen-bond acceptors (Lipinski definition) is 3. The van der Waals surface area contributed by atoms with Crippen molar-refractivity contribution in [2.24, 2.45) is 5.92 Å². The first kappa shape index (κ1) is 15.8. The van der Waals surface area contributed by atoms with Gasteiger partial charge in [0.05, 0.1) is 0 Å². The number of carbonyl (C=O) groups is 2. The fourth-order valence-electron chi connectivity index (χ4n) is 1.92. The molecule has 1 fully saturated rings. The largest absolute Gasteiger partial charge is 0.480 e. The number of carboxylic acid groups (broad SMARTS) is 1. The summed E-state index contributed by atoms with van der Waals surface area (Å²) in [6.07, 6.45) is 3.18. The molecular formula is C13H25N3O3. The van der Waals surface area contributed by atoms with Gasteiger partial charge in [-0.15, -0.1) is 0 Å². The number of urea groups is 1. The first-order valence-electron chi connectivity index (χ1n) is 6.93. The van der Waals surface area contributed by atoms with Gasteiger partial charge in [-0.2, -0.15) is 0 Å². The maximum Gasteiger partial charge on any atom is 0.326 e. The fourth-order valence-corrected chi connectivity index (χ4v) is 1.92. The van der Waals surface area contributed by atoms with E-state index >= 15 is 0 Å². The Morgan fingerprint density at radius 2 is 2.05 bits per heavy atom. The zero-order valence-electron chi connectivity index (χ0n) is 12.0. The van der Waals surface area contributed by atoms with Gasteiger partial charge in [0.25, 0.3) is 0 Å². The summed E-state index contributed by atoms with van der Waals surface area (Å²) in [5.41, 5.74) is 0. The van der Waals surface area contributed by atoms with Crippen LogP contribution in [0.25, 0.3) is 0 Å². The summed E-state index contributed by atoms with van der Waals surface area (Å²) in [7, 11) is 2.04. The SMILES string of the molecule is CCC(C)[C@H](NC(=O)NCCN(C)C1CC1)C(=O)O. The van der Waals surface area contributed by atoms with E-state index in [0.717, 1.165) is 6.54 Å². The maximum atomic E-state index is 11.6. The van der Waals surface area contributed by atoms with Crippen molar-refractivity contribution in [2.75, 3.05) is 20.1 Å². The number of carbonyl (C=O) groups excluding carboxylic acids is 1. The van der Waals surface area contributed by atoms with E-state index in [1.165, 1.54) is 12.8 Å². The molecule has 110 valence electrons. The van der Waals surface area contributed by atoms with E-state index in [1.807, 2.05) is 20.9 Å². The van der Waals surface area contributed by atoms with E-state index in [1.54, 1.807) is 0 Å². The van der Waals surface area contributed by atoms with Crippen molar-refractivity contribution >= 4 is 12.0 Å². The summed E-state index contributed by atoms with van der Waals surface area (Å²) in [5.74, 6) is -1.07. The molecule has 6 heteroatoms. The Morgan fingerprint density at radius 3 is 2.53 bits per heavy atom. The van der Waals surface area contributed by atoms with Crippen LogP contribution in [-0.2, 0) is 4.79 Å². The molecule has 0 heterocycles. The molecule has 0 aromatic heterocycles. The van der Waals surface area contributed by atoms with Crippen LogP contribution >= 0.6 is 0 Å². The second-order valence-electron chi connectivity index (χ2n) is 5.31. The molecule has 2 atom stereocenters. The summed E-state index contributed by atoms with van der Waals surface area (Å²) in [4.78, 5) is 24.9. The minimum absolute atomic E-state index is 0.0858. The topological polar surface area (TPSA) is 81.7 Å². The predicted octanol–water partition coefficient (Wildman–Crippen LogP) is 0.879. The number of aliphatic carboxylic acids is 1. The highest BCUT2D eigenvalue weighted by Crippen LogP contribution is 2.24. The van der Waals surface area contributed by atoms with Gasteiger partial charge < -0.3 is 20.6 Å². The Morgan fingerprint density at radius 1 is 1.42 bits per heavy atom. The summed E-state index contributed by atoms with van der Waals surface area (Å²) in [5, 5.41) is 14.3. The summed E-state index contributed by atoms with van der Waals surface area (Å²) in [6, 6.07) is -0.570. The smallest absolute Gasteiger partial charge is 0.326 e. The molecule has 19 heavy (non-hydrogen) atoms. The number of likely N-dealkylation sites (N-methyl/N-ethyl adjacent to an activating group) is 1. The lowest BCUT2D eigenvalue weighted by atomic mass is 9.99. The lowest BCUT2D eigenvalue weighted by molar-refractivity contribution is -0.140. The Bertz CT molecular complexity index is 318. The van der Waals surface area contributed by atoms with Crippen LogP contribution in [0.3, 0.4) is 0 Å². The van der Waals surface area contributed by atoms with Crippen molar-refractivity contribution in [1.29, 1.82) is 0 Å². The van der Waals surface area contributed by atoms with Gasteiger partial charge in [-0.25, -0.2) is 9.59 Å². The first-order chi connectivity index (χ1) is 8.95. The maximum absolute atomic E-state index is 11.6. The Hall–Kier alpha value is -1.30. The zero-order valence-corrected chi connectivity index (χ0v) is 12.0. The first-order valence-corrected chi connectivity index (χ1v) is 6.93. The molecule has 0 saturated heterocycles. The predicted molar refractivity (Wildman–Crippen MR) is 73.1 cm³/mol. The van der Waals surface area contributed by atoms with E-state index in [2.05, 4.69) is 15.5 Å². The van der Waals surface area contributed by atoms with Gasteiger partial charge in [0, 0.05) is 19.1 Å². The van der Waals surface area contributed by atoms with Crippen molar-refractivity contribution in [1.82, 2.24) is 15.5 Å². The van der Waals surface area contributed by atoms with Crippen LogP contribution in [0, 0.1) is 5.92 Å². The van der Waals surface area contributed by atoms with Gasteiger partial charge in [-0.3, -0.25) is 0 Å². The van der Waals surface area contributed by atoms with E-state index in [-0.39, 0.29) is 5.92 Å². The fraction of sp³-hybridized carbons (Fsp3) is 0.846. The van der Waals surface area contributed by atoms with Gasteiger partial charge in [0.2, 0.25) is 0 Å². The molecule has 3 N–H and O–H groups in total. The summed E-state index contributed by atoms with van der Waals surface area (Å²) < 4.78 is 0. The second kappa shape index (κ2) is 7.33. The second-order valence-corrected chi connectivity index (χ2v) is 5.31. The third-order valence-corrected chi connectivity index (χ3v) is 3.69. The standard InChI is InChI=1S/C13H25N3O3/c1-4-9(2)11(12(17)18)15-13(19)14-7-8-16(3)10-5-6-10/h9-11H,4-8H2,1-3H3,(H,17,18)(H2,14,15,19)/t9?,11-/m0/s1. The van der Waals surface area contributed by atoms with Crippen molar-refractivity contribution in [3.8, 4) is 0 Å². The minimum Gasteiger partial charge on any atom is -0.480 e. The normalized spacial score (nSPS) is 17.9. The van der Waals surface area contributed by atoms with Crippen LogP contribution in [0.4, 0.5) is 4.79 Å². The molecule has 0 aromatic rings. The molecule has 1 saturated carbocycles. The average molecular weight is 271 g/mol. The van der Waals surface area contributed by atoms with Crippen LogP contribution < -0.4 is 10.6 Å². The summed E-state index contributed by atoms with van der Waals surface area (Å²) >= 11 is 0. The van der Waals surface area contributed by atoms with Crippen LogP contribution in [0.1, 0.15) is 33.1 Å². The van der Waals surface area contributed by atoms with Gasteiger partial charge >= 0.3 is 12.0 Å². The lowest BCUT2D eigenvalue weighted by Gasteiger charge is -2.21. The average Bonchev–Trinajstić information content (AvgIpc) is 3.18. The highest BCUT2D eigenvalue weighted by Gasteiger charge is 2.26. The summed E-state index contributed by atoms with van der Waals surface area (Å²) in [6.45, 7) is 5.05. The third kappa shape index (κ3) is 5.46. The molecular weight excluding hydrogens is 246 g/mol. The molecule has 0 bridgehead atoms. The molecule has 2 amide bonds. The zero-order chi connectivity index (χ0) is 14.4. The van der Waals surface area contributed by atoms with E-state index in [4.69, 9.17) is 5.11 Å².